The van der Waals surface area contributed by atoms with Crippen LogP contribution >= 0.6 is 34.3 Å². The number of hydrogen-bond acceptors (Lipinski definition) is 5. The number of aromatic nitrogens is 1. The first-order valence-corrected chi connectivity index (χ1v) is 9.48. The summed E-state index contributed by atoms with van der Waals surface area (Å²) in [4.78, 5) is 16.4. The lowest BCUT2D eigenvalue weighted by Crippen LogP contribution is -2.24. The zero-order valence-corrected chi connectivity index (χ0v) is 15.1. The highest BCUT2D eigenvalue weighted by Crippen LogP contribution is 2.18. The van der Waals surface area contributed by atoms with Gasteiger partial charge in [-0.25, -0.2) is 4.98 Å². The summed E-state index contributed by atoms with van der Waals surface area (Å²) >= 11 is 8.94. The highest BCUT2D eigenvalue weighted by Gasteiger charge is 2.08. The van der Waals surface area contributed by atoms with Crippen LogP contribution < -0.4 is 10.1 Å². The topological polar surface area (TPSA) is 51.2 Å². The van der Waals surface area contributed by atoms with Crippen LogP contribution in [0.4, 0.5) is 0 Å². The number of nitrogens with one attached hydrogen (secondary N) is 1. The Hall–Kier alpha value is -1.89. The number of amides is 1. The molecule has 0 bridgehead atoms. The number of rotatable bonds is 7. The summed E-state index contributed by atoms with van der Waals surface area (Å²) in [5.74, 6) is 0.710. The van der Waals surface area contributed by atoms with Gasteiger partial charge in [0.1, 0.15) is 17.4 Å². The second kappa shape index (κ2) is 8.28. The fourth-order valence-electron chi connectivity index (χ4n) is 1.99. The van der Waals surface area contributed by atoms with Crippen molar-refractivity contribution < 1.29 is 9.53 Å². The van der Waals surface area contributed by atoms with E-state index < -0.39 is 0 Å². The molecule has 124 valence electrons. The summed E-state index contributed by atoms with van der Waals surface area (Å²) in [6.07, 6.45) is 0.279. The number of carbonyl (C=O) groups is 1. The monoisotopic (exact) mass is 378 g/mol. The van der Waals surface area contributed by atoms with Crippen LogP contribution in [0.5, 0.6) is 5.75 Å². The van der Waals surface area contributed by atoms with E-state index >= 15 is 0 Å². The number of carbonyl (C=O) groups excluding carboxylic acids is 1. The van der Waals surface area contributed by atoms with E-state index in [0.717, 1.165) is 22.0 Å². The van der Waals surface area contributed by atoms with Crippen molar-refractivity contribution in [2.24, 2.45) is 0 Å². The molecule has 0 aliphatic rings. The van der Waals surface area contributed by atoms with Crippen LogP contribution in [0.2, 0.25) is 5.02 Å². The predicted octanol–water partition coefficient (Wildman–Crippen LogP) is 4.30. The average Bonchev–Trinajstić information content (AvgIpc) is 3.24. The molecule has 0 saturated carbocycles. The molecule has 2 heterocycles. The molecule has 0 aliphatic carbocycles. The molecule has 7 heteroatoms. The Balaban J connectivity index is 1.46. The molecule has 1 N–H and O–H groups in total. The van der Waals surface area contributed by atoms with Gasteiger partial charge in [-0.2, -0.15) is 11.3 Å². The van der Waals surface area contributed by atoms with Crippen LogP contribution in [0.3, 0.4) is 0 Å². The minimum absolute atomic E-state index is 0.0309. The predicted molar refractivity (Wildman–Crippen MR) is 97.8 cm³/mol. The number of ether oxygens (including phenoxy) is 1. The Morgan fingerprint density at radius 1 is 1.21 bits per heavy atom. The van der Waals surface area contributed by atoms with Gasteiger partial charge < -0.3 is 10.1 Å². The molecule has 1 aromatic carbocycles. The fraction of sp³-hybridized carbons (Fsp3) is 0.176. The first kappa shape index (κ1) is 17.0. The minimum Gasteiger partial charge on any atom is -0.486 e. The smallest absolute Gasteiger partial charge is 0.226 e. The van der Waals surface area contributed by atoms with Crippen LogP contribution in [0.15, 0.2) is 46.5 Å². The van der Waals surface area contributed by atoms with Crippen LogP contribution in [0, 0.1) is 0 Å². The van der Waals surface area contributed by atoms with Crippen molar-refractivity contribution in [3.05, 3.63) is 67.8 Å². The lowest BCUT2D eigenvalue weighted by molar-refractivity contribution is -0.120. The van der Waals surface area contributed by atoms with Gasteiger partial charge in [-0.15, -0.1) is 11.3 Å². The maximum Gasteiger partial charge on any atom is 0.226 e. The minimum atomic E-state index is -0.0309. The standard InChI is InChI=1S/C17H15ClN2O2S2/c18-13-1-3-15(4-2-13)22-9-17-20-14(11-24-17)7-16(21)19-8-12-5-6-23-10-12/h1-6,10-11H,7-9H2,(H,19,21). The molecule has 24 heavy (non-hydrogen) atoms. The highest BCUT2D eigenvalue weighted by molar-refractivity contribution is 7.09. The second-order valence-electron chi connectivity index (χ2n) is 5.06. The molecule has 3 rings (SSSR count). The molecule has 0 radical (unpaired) electrons. The summed E-state index contributed by atoms with van der Waals surface area (Å²) in [5, 5.41) is 10.3. The number of thiazole rings is 1. The quantitative estimate of drug-likeness (QED) is 0.667. The Morgan fingerprint density at radius 3 is 2.79 bits per heavy atom. The molecule has 0 spiro atoms. The van der Waals surface area contributed by atoms with E-state index in [2.05, 4.69) is 10.3 Å². The van der Waals surface area contributed by atoms with E-state index in [4.69, 9.17) is 16.3 Å². The van der Waals surface area contributed by atoms with Gasteiger partial charge in [0.15, 0.2) is 0 Å². The maximum absolute atomic E-state index is 11.9. The molecule has 0 saturated heterocycles. The average molecular weight is 379 g/mol. The van der Waals surface area contributed by atoms with Gasteiger partial charge in [-0.1, -0.05) is 11.6 Å². The van der Waals surface area contributed by atoms with E-state index in [1.54, 1.807) is 23.5 Å². The Morgan fingerprint density at radius 2 is 2.04 bits per heavy atom. The number of halogens is 1. The Labute approximate surface area is 153 Å². The number of hydrogen-bond donors (Lipinski definition) is 1. The summed E-state index contributed by atoms with van der Waals surface area (Å²) in [7, 11) is 0. The summed E-state index contributed by atoms with van der Waals surface area (Å²) < 4.78 is 5.65. The van der Waals surface area contributed by atoms with Gasteiger partial charge >= 0.3 is 0 Å². The van der Waals surface area contributed by atoms with E-state index in [-0.39, 0.29) is 12.3 Å². The Bertz CT molecular complexity index is 785. The molecule has 3 aromatic rings. The summed E-state index contributed by atoms with van der Waals surface area (Å²) in [6.45, 7) is 0.932. The molecule has 0 aliphatic heterocycles. The van der Waals surface area contributed by atoms with Gasteiger partial charge in [0.25, 0.3) is 0 Å². The van der Waals surface area contributed by atoms with Gasteiger partial charge in [0, 0.05) is 16.9 Å². The normalized spacial score (nSPS) is 10.5. The van der Waals surface area contributed by atoms with Crippen molar-refractivity contribution in [1.82, 2.24) is 10.3 Å². The Kier molecular flexibility index (Phi) is 5.85. The van der Waals surface area contributed by atoms with E-state index in [0.29, 0.717) is 18.2 Å². The summed E-state index contributed by atoms with van der Waals surface area (Å²) in [6, 6.07) is 9.19. The van der Waals surface area contributed by atoms with E-state index in [1.165, 1.54) is 11.3 Å². The van der Waals surface area contributed by atoms with Gasteiger partial charge in [-0.3, -0.25) is 4.79 Å². The first-order valence-electron chi connectivity index (χ1n) is 7.28. The van der Waals surface area contributed by atoms with Gasteiger partial charge in [0.05, 0.1) is 12.1 Å². The molecule has 2 aromatic heterocycles. The summed E-state index contributed by atoms with van der Waals surface area (Å²) in [5.41, 5.74) is 1.88. The van der Waals surface area contributed by atoms with Crippen LogP contribution in [0.1, 0.15) is 16.3 Å². The lowest BCUT2D eigenvalue weighted by atomic mass is 10.3. The van der Waals surface area contributed by atoms with Crippen molar-refractivity contribution in [3.8, 4) is 5.75 Å². The second-order valence-corrected chi connectivity index (χ2v) is 7.22. The highest BCUT2D eigenvalue weighted by atomic mass is 35.5. The number of benzene rings is 1. The largest absolute Gasteiger partial charge is 0.486 e. The zero-order valence-electron chi connectivity index (χ0n) is 12.7. The molecule has 0 fully saturated rings. The lowest BCUT2D eigenvalue weighted by Gasteiger charge is -2.03. The molecule has 4 nitrogen and oxygen atoms in total. The fourth-order valence-corrected chi connectivity index (χ4v) is 3.49. The maximum atomic E-state index is 11.9. The first-order chi connectivity index (χ1) is 11.7. The van der Waals surface area contributed by atoms with Crippen molar-refractivity contribution in [3.63, 3.8) is 0 Å². The zero-order chi connectivity index (χ0) is 16.8. The molecular formula is C17H15ClN2O2S2. The van der Waals surface area contributed by atoms with Crippen molar-refractivity contribution in [1.29, 1.82) is 0 Å². The SMILES string of the molecule is O=C(Cc1csc(COc2ccc(Cl)cc2)n1)NCc1ccsc1. The third kappa shape index (κ3) is 5.06. The number of nitrogens with zero attached hydrogens (tertiary/aromatic N) is 1. The van der Waals surface area contributed by atoms with Gasteiger partial charge in [0.2, 0.25) is 5.91 Å². The van der Waals surface area contributed by atoms with Crippen molar-refractivity contribution in [2.45, 2.75) is 19.6 Å². The third-order valence-corrected chi connectivity index (χ3v) is 5.04. The third-order valence-electron chi connectivity index (χ3n) is 3.19. The van der Waals surface area contributed by atoms with E-state index in [9.17, 15) is 4.79 Å². The van der Waals surface area contributed by atoms with Gasteiger partial charge in [-0.05, 0) is 46.7 Å². The van der Waals surface area contributed by atoms with Crippen LogP contribution in [-0.2, 0) is 24.4 Å². The number of thiophene rings is 1. The van der Waals surface area contributed by atoms with Crippen molar-refractivity contribution in [2.75, 3.05) is 0 Å². The molecular weight excluding hydrogens is 364 g/mol. The molecule has 1 amide bonds. The van der Waals surface area contributed by atoms with Crippen LogP contribution in [-0.4, -0.2) is 10.9 Å². The molecule has 0 unspecified atom stereocenters. The molecule has 0 atom stereocenters. The van der Waals surface area contributed by atoms with Crippen molar-refractivity contribution >= 4 is 40.2 Å². The van der Waals surface area contributed by atoms with Crippen LogP contribution in [0.25, 0.3) is 0 Å². The van der Waals surface area contributed by atoms with E-state index in [1.807, 2.05) is 34.3 Å².